The second kappa shape index (κ2) is 8.38. The molecule has 2 aromatic heterocycles. The Hall–Kier alpha value is -4.21. The summed E-state index contributed by atoms with van der Waals surface area (Å²) in [6.45, 7) is 1.76. The molecule has 2 aromatic carbocycles. The van der Waals surface area contributed by atoms with Crippen LogP contribution in [0.3, 0.4) is 0 Å². The highest BCUT2D eigenvalue weighted by Gasteiger charge is 2.34. The molecule has 0 fully saturated rings. The minimum absolute atomic E-state index is 0.0253. The maximum Gasteiger partial charge on any atom is 0.419 e. The molecule has 0 aliphatic heterocycles. The number of aryl methyl sites for hydroxylation is 1. The number of nitrogens with zero attached hydrogens (tertiary/aromatic N) is 2. The number of hydrogen-bond acceptors (Lipinski definition) is 4. The molecule has 1 N–H and O–H groups in total. The number of para-hydroxylation sites is 1. The average Bonchev–Trinajstić information content (AvgIpc) is 2.76. The van der Waals surface area contributed by atoms with Crippen LogP contribution in [0.15, 0.2) is 71.8 Å². The first kappa shape index (κ1) is 22.0. The lowest BCUT2D eigenvalue weighted by molar-refractivity contribution is -0.138. The number of rotatable bonds is 4. The quantitative estimate of drug-likeness (QED) is 0.428. The summed E-state index contributed by atoms with van der Waals surface area (Å²) in [5, 5.41) is 2.38. The summed E-state index contributed by atoms with van der Waals surface area (Å²) in [4.78, 5) is 29.3. The third-order valence-electron chi connectivity index (χ3n) is 4.77. The molecule has 33 heavy (non-hydrogen) atoms. The molecule has 0 unspecified atom stereocenters. The third kappa shape index (κ3) is 4.40. The van der Waals surface area contributed by atoms with Gasteiger partial charge in [0.15, 0.2) is 11.6 Å². The Labute approximate surface area is 184 Å². The second-order valence-corrected chi connectivity index (χ2v) is 7.06. The second-order valence-electron chi connectivity index (χ2n) is 7.06. The van der Waals surface area contributed by atoms with Crippen molar-refractivity contribution in [2.24, 2.45) is 0 Å². The van der Waals surface area contributed by atoms with E-state index in [9.17, 15) is 27.2 Å². The normalized spacial score (nSPS) is 11.4. The number of fused-ring (bicyclic) bond motifs is 1. The van der Waals surface area contributed by atoms with Gasteiger partial charge in [-0.15, -0.1) is 0 Å². The minimum Gasteiger partial charge on any atom is -0.454 e. The number of alkyl halides is 3. The summed E-state index contributed by atoms with van der Waals surface area (Å²) >= 11 is 0. The highest BCUT2D eigenvalue weighted by atomic mass is 19.4. The Kier molecular flexibility index (Phi) is 5.59. The molecule has 0 bridgehead atoms. The zero-order valence-electron chi connectivity index (χ0n) is 17.0. The first-order valence-electron chi connectivity index (χ1n) is 9.57. The van der Waals surface area contributed by atoms with Crippen LogP contribution in [0, 0.1) is 12.7 Å². The van der Waals surface area contributed by atoms with Gasteiger partial charge >= 0.3 is 6.18 Å². The number of carbonyl (C=O) groups excluding carboxylic acids is 1. The molecule has 0 spiro atoms. The molecule has 2 heterocycles. The van der Waals surface area contributed by atoms with Crippen LogP contribution >= 0.6 is 0 Å². The number of ether oxygens (including phenoxy) is 1. The van der Waals surface area contributed by atoms with Crippen molar-refractivity contribution in [3.05, 3.63) is 99.9 Å². The predicted molar refractivity (Wildman–Crippen MR) is 112 cm³/mol. The zero-order valence-corrected chi connectivity index (χ0v) is 17.0. The van der Waals surface area contributed by atoms with Gasteiger partial charge in [-0.25, -0.2) is 9.37 Å². The van der Waals surface area contributed by atoms with E-state index in [0.717, 1.165) is 36.0 Å². The number of aromatic nitrogens is 2. The SMILES string of the molecule is Cc1cccn2c(=O)c(C(=O)Nc3ccc(Oc4ccccc4C(F)(F)F)c(F)c3)cnc12. The highest BCUT2D eigenvalue weighted by Crippen LogP contribution is 2.38. The van der Waals surface area contributed by atoms with Gasteiger partial charge < -0.3 is 10.1 Å². The fourth-order valence-corrected chi connectivity index (χ4v) is 3.17. The third-order valence-corrected chi connectivity index (χ3v) is 4.77. The number of amides is 1. The Morgan fingerprint density at radius 3 is 2.55 bits per heavy atom. The standard InChI is InChI=1S/C23H15F4N3O3/c1-13-5-4-10-30-20(13)28-12-15(22(30)32)21(31)29-14-8-9-19(17(24)11-14)33-18-7-3-2-6-16(18)23(25,26)27/h2-12H,1H3,(H,29,31). The molecule has 10 heteroatoms. The molecular formula is C23H15F4N3O3. The van der Waals surface area contributed by atoms with Gasteiger partial charge in [0, 0.05) is 24.1 Å². The van der Waals surface area contributed by atoms with Crippen LogP contribution in [0.2, 0.25) is 0 Å². The van der Waals surface area contributed by atoms with Gasteiger partial charge in [0.1, 0.15) is 17.0 Å². The molecular weight excluding hydrogens is 442 g/mol. The van der Waals surface area contributed by atoms with Crippen LogP contribution < -0.4 is 15.6 Å². The Bertz CT molecular complexity index is 1430. The smallest absolute Gasteiger partial charge is 0.419 e. The number of halogens is 4. The lowest BCUT2D eigenvalue weighted by Gasteiger charge is -2.14. The maximum absolute atomic E-state index is 14.5. The molecule has 4 aromatic rings. The first-order chi connectivity index (χ1) is 15.6. The molecule has 0 aliphatic rings. The molecule has 6 nitrogen and oxygen atoms in total. The van der Waals surface area contributed by atoms with Crippen LogP contribution in [0.25, 0.3) is 5.65 Å². The molecule has 0 radical (unpaired) electrons. The molecule has 0 saturated heterocycles. The van der Waals surface area contributed by atoms with Crippen LogP contribution in [0.1, 0.15) is 21.5 Å². The lowest BCUT2D eigenvalue weighted by atomic mass is 10.2. The van der Waals surface area contributed by atoms with Gasteiger partial charge in [0.05, 0.1) is 5.56 Å². The largest absolute Gasteiger partial charge is 0.454 e. The van der Waals surface area contributed by atoms with E-state index in [1.807, 2.05) is 0 Å². The number of pyridine rings is 1. The summed E-state index contributed by atoms with van der Waals surface area (Å²) in [6, 6.07) is 11.0. The van der Waals surface area contributed by atoms with Crippen molar-refractivity contribution in [3.8, 4) is 11.5 Å². The van der Waals surface area contributed by atoms with Gasteiger partial charge in [0.2, 0.25) is 0 Å². The van der Waals surface area contributed by atoms with E-state index < -0.39 is 40.5 Å². The van der Waals surface area contributed by atoms with Crippen molar-refractivity contribution in [2.45, 2.75) is 13.1 Å². The van der Waals surface area contributed by atoms with E-state index >= 15 is 0 Å². The lowest BCUT2D eigenvalue weighted by Crippen LogP contribution is -2.27. The minimum atomic E-state index is -4.68. The van der Waals surface area contributed by atoms with Crippen molar-refractivity contribution in [3.63, 3.8) is 0 Å². The summed E-state index contributed by atoms with van der Waals surface area (Å²) in [5.41, 5.74) is -0.815. The fourth-order valence-electron chi connectivity index (χ4n) is 3.17. The predicted octanol–water partition coefficient (Wildman–Crippen LogP) is 5.21. The summed E-state index contributed by atoms with van der Waals surface area (Å²) in [6.07, 6.45) is -2.08. The molecule has 4 rings (SSSR count). The fraction of sp³-hybridized carbons (Fsp3) is 0.0870. The van der Waals surface area contributed by atoms with Gasteiger partial charge in [-0.3, -0.25) is 14.0 Å². The van der Waals surface area contributed by atoms with E-state index in [-0.39, 0.29) is 11.3 Å². The van der Waals surface area contributed by atoms with Gasteiger partial charge in [0.25, 0.3) is 11.5 Å². The Morgan fingerprint density at radius 2 is 1.82 bits per heavy atom. The van der Waals surface area contributed by atoms with Gasteiger partial charge in [-0.1, -0.05) is 18.2 Å². The number of hydrogen-bond donors (Lipinski definition) is 1. The van der Waals surface area contributed by atoms with E-state index in [1.165, 1.54) is 28.8 Å². The zero-order chi connectivity index (χ0) is 23.8. The monoisotopic (exact) mass is 457 g/mol. The Balaban J connectivity index is 1.58. The van der Waals surface area contributed by atoms with E-state index in [2.05, 4.69) is 10.3 Å². The molecule has 0 saturated carbocycles. The van der Waals surface area contributed by atoms with Gasteiger partial charge in [-0.05, 0) is 42.8 Å². The Morgan fingerprint density at radius 1 is 1.06 bits per heavy atom. The van der Waals surface area contributed by atoms with E-state index in [1.54, 1.807) is 19.1 Å². The van der Waals surface area contributed by atoms with Gasteiger partial charge in [-0.2, -0.15) is 13.2 Å². The van der Waals surface area contributed by atoms with Crippen LogP contribution in [0.4, 0.5) is 23.2 Å². The summed E-state index contributed by atoms with van der Waals surface area (Å²) in [5.74, 6) is -2.86. The van der Waals surface area contributed by atoms with E-state index in [4.69, 9.17) is 4.74 Å². The molecule has 0 aliphatic carbocycles. The van der Waals surface area contributed by atoms with Crippen molar-refractivity contribution < 1.29 is 27.1 Å². The first-order valence-corrected chi connectivity index (χ1v) is 9.57. The van der Waals surface area contributed by atoms with Crippen molar-refractivity contribution in [2.75, 3.05) is 5.32 Å². The number of nitrogens with one attached hydrogen (secondary N) is 1. The topological polar surface area (TPSA) is 72.7 Å². The summed E-state index contributed by atoms with van der Waals surface area (Å²) < 4.78 is 60.2. The summed E-state index contributed by atoms with van der Waals surface area (Å²) in [7, 11) is 0. The molecule has 168 valence electrons. The van der Waals surface area contributed by atoms with Crippen LogP contribution in [0.5, 0.6) is 11.5 Å². The van der Waals surface area contributed by atoms with E-state index in [0.29, 0.717) is 5.65 Å². The average molecular weight is 457 g/mol. The molecule has 0 atom stereocenters. The maximum atomic E-state index is 14.5. The van der Waals surface area contributed by atoms with Crippen LogP contribution in [-0.2, 0) is 6.18 Å². The van der Waals surface area contributed by atoms with Crippen molar-refractivity contribution in [1.82, 2.24) is 9.38 Å². The number of anilines is 1. The number of benzene rings is 2. The highest BCUT2D eigenvalue weighted by molar-refractivity contribution is 6.04. The van der Waals surface area contributed by atoms with Crippen molar-refractivity contribution in [1.29, 1.82) is 0 Å². The number of carbonyl (C=O) groups is 1. The van der Waals surface area contributed by atoms with Crippen molar-refractivity contribution >= 4 is 17.2 Å². The molecule has 1 amide bonds. The van der Waals surface area contributed by atoms with Crippen LogP contribution in [-0.4, -0.2) is 15.3 Å².